The van der Waals surface area contributed by atoms with Crippen molar-refractivity contribution in [3.05, 3.63) is 29.8 Å². The number of nitrogens with one attached hydrogen (secondary N) is 1. The molecule has 0 atom stereocenters. The molecule has 0 aliphatic heterocycles. The molecule has 0 saturated heterocycles. The van der Waals surface area contributed by atoms with Gasteiger partial charge in [-0.15, -0.1) is 0 Å². The Kier molecular flexibility index (Phi) is 4.06. The molecule has 1 aromatic rings. The molecule has 94 valence electrons. The molecular formula is C15H24N2. The van der Waals surface area contributed by atoms with E-state index in [0.717, 1.165) is 18.7 Å². The van der Waals surface area contributed by atoms with E-state index >= 15 is 0 Å². The Morgan fingerprint density at radius 1 is 1.24 bits per heavy atom. The van der Waals surface area contributed by atoms with Crippen molar-refractivity contribution in [2.45, 2.75) is 39.0 Å². The molecule has 0 aromatic heterocycles. The van der Waals surface area contributed by atoms with Gasteiger partial charge in [-0.3, -0.25) is 0 Å². The van der Waals surface area contributed by atoms with Crippen molar-refractivity contribution in [1.29, 1.82) is 0 Å². The van der Waals surface area contributed by atoms with Crippen LogP contribution in [0.4, 0.5) is 5.69 Å². The van der Waals surface area contributed by atoms with Crippen LogP contribution in [0, 0.1) is 5.41 Å². The maximum Gasteiger partial charge on any atom is 0.0314 e. The lowest BCUT2D eigenvalue weighted by Gasteiger charge is -2.14. The van der Waals surface area contributed by atoms with Gasteiger partial charge in [0, 0.05) is 12.2 Å². The predicted octanol–water partition coefficient (Wildman–Crippen LogP) is 2.98. The monoisotopic (exact) mass is 232 g/mol. The fourth-order valence-electron chi connectivity index (χ4n) is 2.49. The number of anilines is 1. The van der Waals surface area contributed by atoms with E-state index in [2.05, 4.69) is 24.4 Å². The average Bonchev–Trinajstić information content (AvgIpc) is 3.08. The van der Waals surface area contributed by atoms with Gasteiger partial charge in [0.25, 0.3) is 0 Å². The minimum absolute atomic E-state index is 0.663. The Balaban J connectivity index is 1.65. The summed E-state index contributed by atoms with van der Waals surface area (Å²) in [5, 5.41) is 3.60. The van der Waals surface area contributed by atoms with E-state index in [1.165, 1.54) is 37.8 Å². The van der Waals surface area contributed by atoms with Gasteiger partial charge in [-0.05, 0) is 55.3 Å². The molecule has 0 amide bonds. The first-order valence-electron chi connectivity index (χ1n) is 6.79. The molecule has 1 saturated carbocycles. The minimum atomic E-state index is 0.663. The van der Waals surface area contributed by atoms with E-state index in [1.807, 2.05) is 12.1 Å². The molecule has 2 heteroatoms. The number of rotatable bonds is 7. The zero-order chi connectivity index (χ0) is 12.1. The first kappa shape index (κ1) is 12.4. The molecule has 0 heterocycles. The third-order valence-electron chi connectivity index (χ3n) is 3.81. The van der Waals surface area contributed by atoms with Crippen molar-refractivity contribution in [3.8, 4) is 0 Å². The molecule has 2 rings (SSSR count). The SMILES string of the molecule is CCCC1(CNCCc2ccc(N)cc2)CC1. The number of nitrogen functional groups attached to an aromatic ring is 1. The van der Waals surface area contributed by atoms with Crippen LogP contribution in [0.3, 0.4) is 0 Å². The molecular weight excluding hydrogens is 208 g/mol. The highest BCUT2D eigenvalue weighted by Crippen LogP contribution is 2.48. The van der Waals surface area contributed by atoms with Crippen LogP contribution in [0.1, 0.15) is 38.2 Å². The van der Waals surface area contributed by atoms with Gasteiger partial charge in [0.15, 0.2) is 0 Å². The Morgan fingerprint density at radius 3 is 2.53 bits per heavy atom. The topological polar surface area (TPSA) is 38.0 Å². The van der Waals surface area contributed by atoms with Crippen molar-refractivity contribution in [2.24, 2.45) is 5.41 Å². The Hall–Kier alpha value is -1.02. The summed E-state index contributed by atoms with van der Waals surface area (Å²) in [7, 11) is 0. The van der Waals surface area contributed by atoms with E-state index in [1.54, 1.807) is 0 Å². The van der Waals surface area contributed by atoms with E-state index in [-0.39, 0.29) is 0 Å². The smallest absolute Gasteiger partial charge is 0.0314 e. The van der Waals surface area contributed by atoms with E-state index in [9.17, 15) is 0 Å². The van der Waals surface area contributed by atoms with Crippen LogP contribution in [0.2, 0.25) is 0 Å². The molecule has 1 aliphatic rings. The van der Waals surface area contributed by atoms with Gasteiger partial charge >= 0.3 is 0 Å². The van der Waals surface area contributed by atoms with Gasteiger partial charge in [-0.25, -0.2) is 0 Å². The third-order valence-corrected chi connectivity index (χ3v) is 3.81. The summed E-state index contributed by atoms with van der Waals surface area (Å²) in [6.07, 6.45) is 6.66. The molecule has 0 radical (unpaired) electrons. The molecule has 1 aliphatic carbocycles. The van der Waals surface area contributed by atoms with Gasteiger partial charge in [-0.2, -0.15) is 0 Å². The minimum Gasteiger partial charge on any atom is -0.399 e. The zero-order valence-corrected chi connectivity index (χ0v) is 10.8. The molecule has 1 aromatic carbocycles. The molecule has 17 heavy (non-hydrogen) atoms. The lowest BCUT2D eigenvalue weighted by Crippen LogP contribution is -2.25. The van der Waals surface area contributed by atoms with Gasteiger partial charge in [0.2, 0.25) is 0 Å². The highest BCUT2D eigenvalue weighted by atomic mass is 14.9. The molecule has 0 unspecified atom stereocenters. The first-order valence-corrected chi connectivity index (χ1v) is 6.79. The average molecular weight is 232 g/mol. The summed E-state index contributed by atoms with van der Waals surface area (Å²) in [6, 6.07) is 8.20. The fourth-order valence-corrected chi connectivity index (χ4v) is 2.49. The number of hydrogen-bond acceptors (Lipinski definition) is 2. The van der Waals surface area contributed by atoms with Crippen molar-refractivity contribution >= 4 is 5.69 Å². The molecule has 0 bridgehead atoms. The normalized spacial score (nSPS) is 17.0. The summed E-state index contributed by atoms with van der Waals surface area (Å²) in [5.41, 5.74) is 8.54. The van der Waals surface area contributed by atoms with Crippen molar-refractivity contribution < 1.29 is 0 Å². The largest absolute Gasteiger partial charge is 0.399 e. The Morgan fingerprint density at radius 2 is 1.94 bits per heavy atom. The summed E-state index contributed by atoms with van der Waals surface area (Å²) in [4.78, 5) is 0. The predicted molar refractivity (Wildman–Crippen MR) is 74.0 cm³/mol. The fraction of sp³-hybridized carbons (Fsp3) is 0.600. The lowest BCUT2D eigenvalue weighted by atomic mass is 10.0. The van der Waals surface area contributed by atoms with Crippen LogP contribution in [-0.4, -0.2) is 13.1 Å². The van der Waals surface area contributed by atoms with Gasteiger partial charge < -0.3 is 11.1 Å². The second-order valence-electron chi connectivity index (χ2n) is 5.42. The quantitative estimate of drug-likeness (QED) is 0.560. The second-order valence-corrected chi connectivity index (χ2v) is 5.42. The van der Waals surface area contributed by atoms with E-state index in [4.69, 9.17) is 5.73 Å². The third kappa shape index (κ3) is 3.74. The number of hydrogen-bond donors (Lipinski definition) is 2. The molecule has 0 spiro atoms. The zero-order valence-electron chi connectivity index (χ0n) is 10.8. The van der Waals surface area contributed by atoms with Gasteiger partial charge in [0.05, 0.1) is 0 Å². The maximum absolute atomic E-state index is 5.66. The van der Waals surface area contributed by atoms with E-state index in [0.29, 0.717) is 5.41 Å². The van der Waals surface area contributed by atoms with Crippen LogP contribution >= 0.6 is 0 Å². The molecule has 1 fully saturated rings. The highest BCUT2D eigenvalue weighted by molar-refractivity contribution is 5.39. The lowest BCUT2D eigenvalue weighted by molar-refractivity contribution is 0.423. The van der Waals surface area contributed by atoms with Crippen LogP contribution in [0.15, 0.2) is 24.3 Å². The van der Waals surface area contributed by atoms with Crippen molar-refractivity contribution in [1.82, 2.24) is 5.32 Å². The summed E-state index contributed by atoms with van der Waals surface area (Å²) >= 11 is 0. The van der Waals surface area contributed by atoms with Crippen molar-refractivity contribution in [3.63, 3.8) is 0 Å². The Labute approximate surface area is 105 Å². The summed E-state index contributed by atoms with van der Waals surface area (Å²) in [5.74, 6) is 0. The standard InChI is InChI=1S/C15H24N2/c1-2-8-15(9-10-15)12-17-11-7-13-3-5-14(16)6-4-13/h3-6,17H,2,7-12,16H2,1H3. The van der Waals surface area contributed by atoms with Crippen LogP contribution in [-0.2, 0) is 6.42 Å². The first-order chi connectivity index (χ1) is 8.24. The second kappa shape index (κ2) is 5.54. The van der Waals surface area contributed by atoms with Crippen LogP contribution in [0.5, 0.6) is 0 Å². The molecule has 2 nitrogen and oxygen atoms in total. The maximum atomic E-state index is 5.66. The summed E-state index contributed by atoms with van der Waals surface area (Å²) in [6.45, 7) is 4.57. The number of benzene rings is 1. The highest BCUT2D eigenvalue weighted by Gasteiger charge is 2.40. The molecule has 3 N–H and O–H groups in total. The van der Waals surface area contributed by atoms with Gasteiger partial charge in [0.1, 0.15) is 0 Å². The van der Waals surface area contributed by atoms with Crippen molar-refractivity contribution in [2.75, 3.05) is 18.8 Å². The van der Waals surface area contributed by atoms with E-state index < -0.39 is 0 Å². The van der Waals surface area contributed by atoms with Gasteiger partial charge in [-0.1, -0.05) is 25.5 Å². The van der Waals surface area contributed by atoms with Crippen LogP contribution < -0.4 is 11.1 Å². The Bertz CT molecular complexity index is 338. The summed E-state index contributed by atoms with van der Waals surface area (Å²) < 4.78 is 0. The number of nitrogens with two attached hydrogens (primary N) is 1. The van der Waals surface area contributed by atoms with Crippen LogP contribution in [0.25, 0.3) is 0 Å².